The first-order chi connectivity index (χ1) is 22.0. The van der Waals surface area contributed by atoms with Gasteiger partial charge in [0.05, 0.1) is 5.41 Å². The van der Waals surface area contributed by atoms with Gasteiger partial charge in [0.15, 0.2) is 0 Å². The Morgan fingerprint density at radius 1 is 0.872 bits per heavy atom. The van der Waals surface area contributed by atoms with Gasteiger partial charge in [-0.05, 0) is 127 Å². The third-order valence-electron chi connectivity index (χ3n) is 15.2. The van der Waals surface area contributed by atoms with Gasteiger partial charge in [0.2, 0.25) is 0 Å². The van der Waals surface area contributed by atoms with Gasteiger partial charge < -0.3 is 14.6 Å². The highest BCUT2D eigenvalue weighted by Gasteiger charge is 2.69. The highest BCUT2D eigenvalue weighted by Crippen LogP contribution is 2.75. The van der Waals surface area contributed by atoms with Crippen LogP contribution in [0.1, 0.15) is 119 Å². The van der Waals surface area contributed by atoms with E-state index in [0.717, 1.165) is 63.4 Å². The second-order valence-electron chi connectivity index (χ2n) is 17.4. The number of allylic oxidation sites excluding steroid dienone is 2. The largest absolute Gasteiger partial charge is 0.481 e. The van der Waals surface area contributed by atoms with Crippen LogP contribution in [0.3, 0.4) is 0 Å². The number of carboxylic acids is 1. The summed E-state index contributed by atoms with van der Waals surface area (Å²) in [6.07, 6.45) is 14.3. The fourth-order valence-electron chi connectivity index (χ4n) is 12.2. The van der Waals surface area contributed by atoms with Crippen molar-refractivity contribution in [1.29, 1.82) is 0 Å². The van der Waals surface area contributed by atoms with Gasteiger partial charge in [0.25, 0.3) is 0 Å². The highest BCUT2D eigenvalue weighted by molar-refractivity contribution is 5.87. The van der Waals surface area contributed by atoms with Crippen LogP contribution >= 0.6 is 0 Å². The molecule has 1 N–H and O–H groups in total. The van der Waals surface area contributed by atoms with Crippen LogP contribution in [0.4, 0.5) is 0 Å². The molecule has 0 spiro atoms. The molecule has 1 aromatic rings. The summed E-state index contributed by atoms with van der Waals surface area (Å²) in [5.41, 5.74) is 1.71. The Kier molecular flexibility index (Phi) is 8.40. The monoisotopic (exact) mass is 644 g/mol. The number of carboxylic acid groups (broad SMARTS) is 1. The molecule has 6 heteroatoms. The van der Waals surface area contributed by atoms with Crippen molar-refractivity contribution in [2.75, 3.05) is 0 Å². The first kappa shape index (κ1) is 34.0. The maximum atomic E-state index is 13.1. The van der Waals surface area contributed by atoms with Crippen LogP contribution in [0.5, 0.6) is 5.75 Å². The van der Waals surface area contributed by atoms with Crippen LogP contribution in [-0.4, -0.2) is 29.1 Å². The molecule has 0 saturated heterocycles. The van der Waals surface area contributed by atoms with Crippen molar-refractivity contribution >= 4 is 24.0 Å². The number of hydrogen-bond acceptors (Lipinski definition) is 5. The van der Waals surface area contributed by atoms with E-state index in [4.69, 9.17) is 9.47 Å². The average Bonchev–Trinajstić information content (AvgIpc) is 3.00. The van der Waals surface area contributed by atoms with E-state index in [1.54, 1.807) is 18.2 Å². The van der Waals surface area contributed by atoms with E-state index in [9.17, 15) is 19.5 Å². The van der Waals surface area contributed by atoms with Crippen molar-refractivity contribution < 1.29 is 29.0 Å². The van der Waals surface area contributed by atoms with Crippen molar-refractivity contribution in [2.45, 2.75) is 119 Å². The predicted octanol–water partition coefficient (Wildman–Crippen LogP) is 9.28. The van der Waals surface area contributed by atoms with Crippen molar-refractivity contribution in [3.05, 3.63) is 47.6 Å². The molecule has 6 rings (SSSR count). The summed E-state index contributed by atoms with van der Waals surface area (Å²) in [5, 5.41) is 10.7. The molecular weight excluding hydrogens is 588 g/mol. The van der Waals surface area contributed by atoms with Crippen LogP contribution in [0.15, 0.2) is 42.0 Å². The smallest absolute Gasteiger partial charge is 0.331 e. The molecule has 5 aliphatic carbocycles. The van der Waals surface area contributed by atoms with Crippen LogP contribution in [0.25, 0.3) is 6.08 Å². The van der Waals surface area contributed by atoms with Crippen LogP contribution in [0, 0.1) is 56.7 Å². The van der Waals surface area contributed by atoms with Gasteiger partial charge in [-0.1, -0.05) is 72.2 Å². The van der Waals surface area contributed by atoms with Gasteiger partial charge in [0, 0.05) is 18.4 Å². The van der Waals surface area contributed by atoms with Crippen molar-refractivity contribution in [1.82, 2.24) is 0 Å². The van der Waals surface area contributed by atoms with Gasteiger partial charge in [-0.2, -0.15) is 0 Å². The fourth-order valence-corrected chi connectivity index (χ4v) is 12.2. The molecule has 5 aliphatic rings. The Bertz CT molecular complexity index is 1490. The number of carbonyl (C=O) groups excluding carboxylic acids is 2. The number of fused-ring (bicyclic) bond motifs is 7. The molecule has 0 heterocycles. The molecule has 1 aromatic carbocycles. The third-order valence-corrected chi connectivity index (χ3v) is 15.2. The van der Waals surface area contributed by atoms with E-state index < -0.39 is 11.4 Å². The van der Waals surface area contributed by atoms with E-state index in [1.165, 1.54) is 18.6 Å². The van der Waals surface area contributed by atoms with E-state index in [1.807, 2.05) is 12.1 Å². The summed E-state index contributed by atoms with van der Waals surface area (Å²) in [6, 6.07) is 7.05. The molecule has 0 amide bonds. The molecule has 0 radical (unpaired) electrons. The highest BCUT2D eigenvalue weighted by atomic mass is 16.5. The quantitative estimate of drug-likeness (QED) is 0.149. The minimum atomic E-state index is -0.618. The SMILES string of the molecule is CC(=O)Oc1ccc(/C=C/C(=O)O[C@H]2CC[C@@]3(C)C(CC[C@]4(C)C3CC=C3C5[C@@H](C)[C@H](C)CC[C@]5(C(=O)O)CC[C@]34C)C2(C)C)cc1. The summed E-state index contributed by atoms with van der Waals surface area (Å²) in [4.78, 5) is 37.3. The van der Waals surface area contributed by atoms with Crippen molar-refractivity contribution in [3.63, 3.8) is 0 Å². The van der Waals surface area contributed by atoms with Crippen molar-refractivity contribution in [3.8, 4) is 5.75 Å². The number of esters is 2. The van der Waals surface area contributed by atoms with E-state index in [2.05, 4.69) is 54.5 Å². The number of ether oxygens (including phenoxy) is 2. The maximum Gasteiger partial charge on any atom is 0.331 e. The Hall–Kier alpha value is -2.89. The van der Waals surface area contributed by atoms with Gasteiger partial charge in [-0.15, -0.1) is 0 Å². The summed E-state index contributed by atoms with van der Waals surface area (Å²) in [7, 11) is 0. The van der Waals surface area contributed by atoms with Crippen LogP contribution < -0.4 is 4.74 Å². The molecule has 47 heavy (non-hydrogen) atoms. The lowest BCUT2D eigenvalue weighted by Crippen LogP contribution is -2.65. The standard InChI is InChI=1S/C41H56O6/c1-25-17-22-41(36(44)45)24-23-39(7)30(35(41)26(25)2)14-15-32-38(6)20-19-33(37(4,5)31(38)18-21-40(32,39)8)47-34(43)16-11-28-9-12-29(13-10-28)46-27(3)42/h9-14,16,25-26,31-33,35H,15,17-24H2,1-8H3,(H,44,45)/b16-11+/t25-,26+,31?,32?,33+,35?,38+,39-,40-,41+/m1/s1. The van der Waals surface area contributed by atoms with Gasteiger partial charge >= 0.3 is 17.9 Å². The Labute approximate surface area is 281 Å². The Morgan fingerprint density at radius 2 is 1.57 bits per heavy atom. The van der Waals surface area contributed by atoms with Gasteiger partial charge in [-0.3, -0.25) is 9.59 Å². The summed E-state index contributed by atoms with van der Waals surface area (Å²) >= 11 is 0. The lowest BCUT2D eigenvalue weighted by atomic mass is 9.33. The zero-order valence-electron chi connectivity index (χ0n) is 29.9. The Morgan fingerprint density at radius 3 is 2.23 bits per heavy atom. The second kappa shape index (κ2) is 11.6. The first-order valence-electron chi connectivity index (χ1n) is 18.1. The average molecular weight is 645 g/mol. The molecule has 4 saturated carbocycles. The summed E-state index contributed by atoms with van der Waals surface area (Å²) in [6.45, 7) is 18.2. The zero-order valence-corrected chi connectivity index (χ0v) is 29.9. The van der Waals surface area contributed by atoms with E-state index >= 15 is 0 Å². The summed E-state index contributed by atoms with van der Waals surface area (Å²) < 4.78 is 11.3. The number of rotatable bonds is 5. The third kappa shape index (κ3) is 5.14. The first-order valence-corrected chi connectivity index (χ1v) is 18.1. The molecule has 0 aromatic heterocycles. The van der Waals surface area contributed by atoms with E-state index in [-0.39, 0.29) is 45.6 Å². The van der Waals surface area contributed by atoms with Gasteiger partial charge in [0.1, 0.15) is 11.9 Å². The molecule has 6 nitrogen and oxygen atoms in total. The zero-order chi connectivity index (χ0) is 34.2. The number of hydrogen-bond donors (Lipinski definition) is 1. The molecule has 256 valence electrons. The second-order valence-corrected chi connectivity index (χ2v) is 17.4. The number of carbonyl (C=O) groups is 3. The van der Waals surface area contributed by atoms with Gasteiger partial charge in [-0.25, -0.2) is 4.79 Å². The lowest BCUT2D eigenvalue weighted by Gasteiger charge is -2.71. The Balaban J connectivity index is 1.22. The normalized spacial score (nSPS) is 42.2. The molecule has 4 fully saturated rings. The van der Waals surface area contributed by atoms with E-state index in [0.29, 0.717) is 29.4 Å². The molecule has 10 atom stereocenters. The molecule has 0 aliphatic heterocycles. The minimum absolute atomic E-state index is 0.00647. The minimum Gasteiger partial charge on any atom is -0.481 e. The fraction of sp³-hybridized carbons (Fsp3) is 0.683. The number of benzene rings is 1. The lowest BCUT2D eigenvalue weighted by molar-refractivity contribution is -0.213. The number of aliphatic carboxylic acids is 1. The van der Waals surface area contributed by atoms with Crippen LogP contribution in [-0.2, 0) is 19.1 Å². The molecular formula is C41H56O6. The molecule has 3 unspecified atom stereocenters. The molecule has 0 bridgehead atoms. The predicted molar refractivity (Wildman–Crippen MR) is 183 cm³/mol. The van der Waals surface area contributed by atoms with Crippen molar-refractivity contribution in [2.24, 2.45) is 56.7 Å². The summed E-state index contributed by atoms with van der Waals surface area (Å²) in [5.74, 6) is 1.16. The van der Waals surface area contributed by atoms with Crippen LogP contribution in [0.2, 0.25) is 0 Å². The topological polar surface area (TPSA) is 89.9 Å². The maximum absolute atomic E-state index is 13.1.